The highest BCUT2D eigenvalue weighted by Crippen LogP contribution is 2.25. The molecule has 0 radical (unpaired) electrons. The van der Waals surface area contributed by atoms with Gasteiger partial charge < -0.3 is 5.32 Å². The van der Waals surface area contributed by atoms with Crippen molar-refractivity contribution in [2.24, 2.45) is 5.92 Å². The number of thiazole rings is 1. The molecule has 1 fully saturated rings. The number of hydrogen-bond acceptors (Lipinski definition) is 5. The van der Waals surface area contributed by atoms with E-state index in [-0.39, 0.29) is 29.8 Å². The molecule has 2 aromatic carbocycles. The second kappa shape index (κ2) is 9.66. The number of hydrogen-bond donors (Lipinski definition) is 1. The number of nitrogens with one attached hydrogen (secondary N) is 1. The van der Waals surface area contributed by atoms with Crippen LogP contribution in [-0.4, -0.2) is 36.7 Å². The Balaban J connectivity index is 1.30. The molecule has 1 aliphatic rings. The zero-order valence-electron chi connectivity index (χ0n) is 17.9. The molecule has 1 saturated heterocycles. The molecule has 4 rings (SSSR count). The summed E-state index contributed by atoms with van der Waals surface area (Å²) >= 11 is 1.59. The fourth-order valence-corrected chi connectivity index (χ4v) is 5.87. The van der Waals surface area contributed by atoms with Crippen LogP contribution < -0.4 is 5.32 Å². The lowest BCUT2D eigenvalue weighted by Crippen LogP contribution is -2.42. The first kappa shape index (κ1) is 23.5. The predicted octanol–water partition coefficient (Wildman–Crippen LogP) is 4.11. The van der Waals surface area contributed by atoms with Gasteiger partial charge in [-0.3, -0.25) is 4.79 Å². The Morgan fingerprint density at radius 2 is 1.82 bits per heavy atom. The summed E-state index contributed by atoms with van der Waals surface area (Å²) in [4.78, 5) is 16.8. The number of piperidine rings is 1. The van der Waals surface area contributed by atoms with E-state index in [4.69, 9.17) is 0 Å². The van der Waals surface area contributed by atoms with Gasteiger partial charge in [-0.2, -0.15) is 4.31 Å². The molecule has 2 heterocycles. The van der Waals surface area contributed by atoms with Crippen LogP contribution in [0.15, 0.2) is 52.7 Å². The lowest BCUT2D eigenvalue weighted by atomic mass is 9.97. The Labute approximate surface area is 195 Å². The molecule has 10 heteroatoms. The van der Waals surface area contributed by atoms with Gasteiger partial charge in [-0.25, -0.2) is 22.2 Å². The van der Waals surface area contributed by atoms with Crippen LogP contribution in [-0.2, 0) is 21.4 Å². The summed E-state index contributed by atoms with van der Waals surface area (Å²) in [7, 11) is -3.94. The second-order valence-corrected chi connectivity index (χ2v) is 10.9. The summed E-state index contributed by atoms with van der Waals surface area (Å²) in [6.45, 7) is 2.62. The summed E-state index contributed by atoms with van der Waals surface area (Å²) in [5, 5.41) is 5.93. The van der Waals surface area contributed by atoms with Crippen molar-refractivity contribution < 1.29 is 22.0 Å². The van der Waals surface area contributed by atoms with Crippen molar-refractivity contribution in [3.63, 3.8) is 0 Å². The van der Waals surface area contributed by atoms with E-state index in [9.17, 15) is 22.0 Å². The van der Waals surface area contributed by atoms with E-state index in [2.05, 4.69) is 10.3 Å². The van der Waals surface area contributed by atoms with Crippen LogP contribution in [0.5, 0.6) is 0 Å². The summed E-state index contributed by atoms with van der Waals surface area (Å²) in [5.74, 6) is -2.74. The first-order valence-corrected chi connectivity index (χ1v) is 12.8. The number of amides is 1. The van der Waals surface area contributed by atoms with Crippen molar-refractivity contribution in [2.75, 3.05) is 13.1 Å². The van der Waals surface area contributed by atoms with Crippen LogP contribution in [0.4, 0.5) is 8.78 Å². The van der Waals surface area contributed by atoms with E-state index < -0.39 is 21.7 Å². The molecule has 0 saturated carbocycles. The van der Waals surface area contributed by atoms with Crippen molar-refractivity contribution in [3.8, 4) is 11.3 Å². The van der Waals surface area contributed by atoms with Crippen LogP contribution in [0.1, 0.15) is 23.4 Å². The minimum Gasteiger partial charge on any atom is -0.352 e. The maximum Gasteiger partial charge on any atom is 0.243 e. The van der Waals surface area contributed by atoms with Crippen molar-refractivity contribution in [3.05, 3.63) is 70.1 Å². The largest absolute Gasteiger partial charge is 0.352 e. The van der Waals surface area contributed by atoms with Gasteiger partial charge in [-0.05, 0) is 43.5 Å². The fourth-order valence-electron chi connectivity index (χ4n) is 3.77. The third-order valence-electron chi connectivity index (χ3n) is 5.69. The number of nitrogens with zero attached hydrogens (tertiary/aromatic N) is 2. The smallest absolute Gasteiger partial charge is 0.243 e. The average molecular weight is 492 g/mol. The lowest BCUT2D eigenvalue weighted by molar-refractivity contribution is -0.126. The Bertz CT molecular complexity index is 1250. The van der Waals surface area contributed by atoms with Gasteiger partial charge in [0.05, 0.1) is 15.6 Å². The first-order chi connectivity index (χ1) is 15.7. The van der Waals surface area contributed by atoms with Crippen LogP contribution >= 0.6 is 11.3 Å². The van der Waals surface area contributed by atoms with Gasteiger partial charge in [0.15, 0.2) is 11.6 Å². The number of sulfonamides is 1. The van der Waals surface area contributed by atoms with Crippen LogP contribution in [0.2, 0.25) is 0 Å². The predicted molar refractivity (Wildman–Crippen MR) is 122 cm³/mol. The molecule has 1 aliphatic heterocycles. The van der Waals surface area contributed by atoms with E-state index in [0.717, 1.165) is 34.0 Å². The lowest BCUT2D eigenvalue weighted by Gasteiger charge is -2.30. The number of benzene rings is 2. The molecule has 1 amide bonds. The van der Waals surface area contributed by atoms with Crippen molar-refractivity contribution in [1.82, 2.24) is 14.6 Å². The highest BCUT2D eigenvalue weighted by Gasteiger charge is 2.32. The van der Waals surface area contributed by atoms with Gasteiger partial charge in [-0.1, -0.05) is 24.3 Å². The summed E-state index contributed by atoms with van der Waals surface area (Å²) in [5.41, 5.74) is 2.90. The maximum atomic E-state index is 13.5. The molecular weight excluding hydrogens is 468 g/mol. The zero-order chi connectivity index (χ0) is 23.6. The molecular formula is C23H23F2N3O3S2. The number of rotatable bonds is 6. The Hall–Kier alpha value is -2.69. The average Bonchev–Trinajstić information content (AvgIpc) is 3.26. The Kier molecular flexibility index (Phi) is 6.87. The summed E-state index contributed by atoms with van der Waals surface area (Å²) in [6.07, 6.45) is 0.716. The van der Waals surface area contributed by atoms with Gasteiger partial charge in [0.25, 0.3) is 0 Å². The minimum atomic E-state index is -3.94. The van der Waals surface area contributed by atoms with Crippen molar-refractivity contribution in [1.29, 1.82) is 0 Å². The monoisotopic (exact) mass is 491 g/mol. The van der Waals surface area contributed by atoms with E-state index in [1.807, 2.05) is 36.6 Å². The molecule has 174 valence electrons. The molecule has 1 N–H and O–H groups in total. The molecule has 1 aromatic heterocycles. The Morgan fingerprint density at radius 3 is 2.42 bits per heavy atom. The topological polar surface area (TPSA) is 79.4 Å². The first-order valence-electron chi connectivity index (χ1n) is 10.5. The van der Waals surface area contributed by atoms with Gasteiger partial charge in [0.1, 0.15) is 0 Å². The highest BCUT2D eigenvalue weighted by molar-refractivity contribution is 7.89. The number of carbonyl (C=O) groups excluding carboxylic acids is 1. The van der Waals surface area contributed by atoms with Gasteiger partial charge in [-0.15, -0.1) is 11.3 Å². The minimum absolute atomic E-state index is 0.126. The molecule has 0 spiro atoms. The zero-order valence-corrected chi connectivity index (χ0v) is 19.6. The van der Waals surface area contributed by atoms with Gasteiger partial charge in [0, 0.05) is 36.5 Å². The second-order valence-electron chi connectivity index (χ2n) is 7.92. The van der Waals surface area contributed by atoms with Gasteiger partial charge in [0.2, 0.25) is 15.9 Å². The standard InChI is InChI=1S/C23H23F2N3O3S2/c1-15-27-22(14-32-15)17-4-2-16(3-5-17)13-26-23(29)18-8-10-28(11-9-18)33(30,31)19-6-7-20(24)21(25)12-19/h2-7,12,14,18H,8-11,13H2,1H3,(H,26,29). The van der Waals surface area contributed by atoms with Crippen LogP contribution in [0, 0.1) is 24.5 Å². The van der Waals surface area contributed by atoms with Crippen LogP contribution in [0.25, 0.3) is 11.3 Å². The SMILES string of the molecule is Cc1nc(-c2ccc(CNC(=O)C3CCN(S(=O)(=O)c4ccc(F)c(F)c4)CC3)cc2)cs1. The maximum absolute atomic E-state index is 13.5. The van der Waals surface area contributed by atoms with E-state index in [1.165, 1.54) is 4.31 Å². The van der Waals surface area contributed by atoms with E-state index in [1.54, 1.807) is 11.3 Å². The third kappa shape index (κ3) is 5.29. The number of aryl methyl sites for hydroxylation is 1. The fraction of sp³-hybridized carbons (Fsp3) is 0.304. The summed E-state index contributed by atoms with van der Waals surface area (Å²) < 4.78 is 53.2. The van der Waals surface area contributed by atoms with Crippen LogP contribution in [0.3, 0.4) is 0 Å². The number of halogens is 2. The molecule has 3 aromatic rings. The highest BCUT2D eigenvalue weighted by atomic mass is 32.2. The van der Waals surface area contributed by atoms with Crippen molar-refractivity contribution in [2.45, 2.75) is 31.2 Å². The molecule has 6 nitrogen and oxygen atoms in total. The molecule has 0 atom stereocenters. The molecule has 0 bridgehead atoms. The third-order valence-corrected chi connectivity index (χ3v) is 8.36. The molecule has 33 heavy (non-hydrogen) atoms. The number of aromatic nitrogens is 1. The van der Waals surface area contributed by atoms with Gasteiger partial charge >= 0.3 is 0 Å². The molecule has 0 unspecified atom stereocenters. The van der Waals surface area contributed by atoms with Crippen molar-refractivity contribution >= 4 is 27.3 Å². The normalized spacial score (nSPS) is 15.5. The van der Waals surface area contributed by atoms with E-state index >= 15 is 0 Å². The molecule has 0 aliphatic carbocycles. The van der Waals surface area contributed by atoms with E-state index in [0.29, 0.717) is 25.5 Å². The number of carbonyl (C=O) groups is 1. The quantitative estimate of drug-likeness (QED) is 0.563. The summed E-state index contributed by atoms with van der Waals surface area (Å²) in [6, 6.07) is 10.4. The Morgan fingerprint density at radius 1 is 1.12 bits per heavy atom.